The Hall–Kier alpha value is -2.20. The molecule has 2 spiro atoms. The van der Waals surface area contributed by atoms with Crippen LogP contribution in [0, 0.1) is 0 Å². The molecule has 0 saturated carbocycles. The zero-order valence-corrected chi connectivity index (χ0v) is 13.7. The Bertz CT molecular complexity index is 654. The molecule has 1 unspecified atom stereocenters. The number of ether oxygens (including phenoxy) is 3. The van der Waals surface area contributed by atoms with E-state index in [1.807, 2.05) is 0 Å². The van der Waals surface area contributed by atoms with Gasteiger partial charge in [-0.25, -0.2) is 0 Å². The topological polar surface area (TPSA) is 120 Å². The maximum atomic E-state index is 12.2. The second-order valence-electron chi connectivity index (χ2n) is 6.75. The summed E-state index contributed by atoms with van der Waals surface area (Å²) in [5, 5.41) is 4.22. The summed E-state index contributed by atoms with van der Waals surface area (Å²) < 4.78 is 16.5. The van der Waals surface area contributed by atoms with Crippen molar-refractivity contribution in [3.05, 3.63) is 0 Å². The van der Waals surface area contributed by atoms with Crippen LogP contribution >= 0.6 is 0 Å². The molecule has 0 bridgehead atoms. The van der Waals surface area contributed by atoms with Crippen LogP contribution in [0.4, 0.5) is 0 Å². The highest BCUT2D eigenvalue weighted by Crippen LogP contribution is 2.60. The molecule has 0 aromatic rings. The zero-order valence-electron chi connectivity index (χ0n) is 13.7. The van der Waals surface area contributed by atoms with E-state index in [1.165, 1.54) is 6.92 Å². The maximum Gasteiger partial charge on any atom is 0.396 e. The largest absolute Gasteiger partial charge is 0.447 e. The van der Waals surface area contributed by atoms with Gasteiger partial charge in [0.25, 0.3) is 0 Å². The molecule has 4 saturated heterocycles. The van der Waals surface area contributed by atoms with Crippen LogP contribution in [-0.4, -0.2) is 59.1 Å². The van der Waals surface area contributed by atoms with Gasteiger partial charge in [0, 0.05) is 6.54 Å². The number of esters is 3. The van der Waals surface area contributed by atoms with Crippen molar-refractivity contribution in [2.75, 3.05) is 13.1 Å². The minimum atomic E-state index is -2.11. The summed E-state index contributed by atoms with van der Waals surface area (Å²) in [6.07, 6.45) is -0.287. The van der Waals surface area contributed by atoms with Gasteiger partial charge in [-0.3, -0.25) is 19.2 Å². The lowest BCUT2D eigenvalue weighted by molar-refractivity contribution is -0.531. The highest BCUT2D eigenvalue weighted by Gasteiger charge is 2.88. The molecule has 4 aliphatic rings. The van der Waals surface area contributed by atoms with Gasteiger partial charge in [-0.2, -0.15) is 0 Å². The van der Waals surface area contributed by atoms with Crippen molar-refractivity contribution in [1.29, 1.82) is 0 Å². The first-order valence-electron chi connectivity index (χ1n) is 8.20. The van der Waals surface area contributed by atoms with Crippen molar-refractivity contribution in [3.63, 3.8) is 0 Å². The number of hydrogen-bond acceptors (Lipinski definition) is 10. The van der Waals surface area contributed by atoms with Gasteiger partial charge in [-0.05, 0) is 25.0 Å². The van der Waals surface area contributed by atoms with Crippen LogP contribution in [0.25, 0.3) is 0 Å². The summed E-state index contributed by atoms with van der Waals surface area (Å²) in [6.45, 7) is 2.41. The van der Waals surface area contributed by atoms with Gasteiger partial charge in [0.05, 0.1) is 25.7 Å². The van der Waals surface area contributed by atoms with Crippen LogP contribution in [0.15, 0.2) is 0 Å². The molecule has 0 amide bonds. The fourth-order valence-electron chi connectivity index (χ4n) is 4.02. The van der Waals surface area contributed by atoms with Crippen molar-refractivity contribution in [2.24, 2.45) is 0 Å². The van der Waals surface area contributed by atoms with Gasteiger partial charge in [0.1, 0.15) is 5.54 Å². The molecule has 0 aromatic carbocycles. The SMILES string of the molecule is C[C@@]12OC(=O)CCC(=O)OC13OC(=O)CCC(=O)ON3[C@@]21CCNC1. The highest BCUT2D eigenvalue weighted by atomic mass is 16.9. The molecular formula is C15H18N2O8. The number of carbonyl (C=O) groups is 4. The molecule has 10 heteroatoms. The number of hydroxylamine groups is 2. The fourth-order valence-corrected chi connectivity index (χ4v) is 4.02. The molecule has 4 heterocycles. The summed E-state index contributed by atoms with van der Waals surface area (Å²) >= 11 is 0. The first-order chi connectivity index (χ1) is 11.8. The monoisotopic (exact) mass is 354 g/mol. The minimum Gasteiger partial charge on any atom is -0.447 e. The fraction of sp³-hybridized carbons (Fsp3) is 0.733. The van der Waals surface area contributed by atoms with Gasteiger partial charge < -0.3 is 24.4 Å². The lowest BCUT2D eigenvalue weighted by Gasteiger charge is -2.67. The normalized spacial score (nSPS) is 41.6. The number of nitrogens with zero attached hydrogens (tertiary/aromatic N) is 1. The third-order valence-corrected chi connectivity index (χ3v) is 5.36. The third-order valence-electron chi connectivity index (χ3n) is 5.36. The van der Waals surface area contributed by atoms with Crippen LogP contribution < -0.4 is 5.32 Å². The predicted octanol–water partition coefficient (Wildman–Crippen LogP) is -0.878. The lowest BCUT2D eigenvalue weighted by Crippen LogP contribution is -2.93. The molecule has 0 aliphatic carbocycles. The Morgan fingerprint density at radius 2 is 1.44 bits per heavy atom. The van der Waals surface area contributed by atoms with E-state index in [0.717, 1.165) is 5.06 Å². The Labute approximate surface area is 142 Å². The number of hydrogen-bond donors (Lipinski definition) is 1. The Balaban J connectivity index is 1.86. The number of nitrogens with one attached hydrogen (secondary N) is 1. The molecule has 4 fully saturated rings. The molecule has 3 atom stereocenters. The standard InChI is InChI=1S/C15H18N2O8/c1-13-14(6-7-16-8-14)17-15(13,23-10(19)3-2-9(18)22-13)24-11(20)4-5-12(21)25-17/h16H,2-8H2,1H3/t13-,14+,15?/m0/s1. The van der Waals surface area contributed by atoms with Gasteiger partial charge in [-0.1, -0.05) is 0 Å². The summed E-state index contributed by atoms with van der Waals surface area (Å²) in [5.74, 6) is -4.84. The second kappa shape index (κ2) is 5.15. The van der Waals surface area contributed by atoms with Gasteiger partial charge in [-0.15, -0.1) is 0 Å². The Morgan fingerprint density at radius 3 is 2.00 bits per heavy atom. The van der Waals surface area contributed by atoms with Crippen LogP contribution in [0.5, 0.6) is 0 Å². The van der Waals surface area contributed by atoms with E-state index in [4.69, 9.17) is 19.0 Å². The Kier molecular flexibility index (Phi) is 3.35. The van der Waals surface area contributed by atoms with Crippen molar-refractivity contribution < 1.29 is 38.2 Å². The van der Waals surface area contributed by atoms with E-state index in [2.05, 4.69) is 5.32 Å². The van der Waals surface area contributed by atoms with E-state index in [9.17, 15) is 19.2 Å². The number of fused-ring (bicyclic) bond motifs is 2. The number of rotatable bonds is 0. The minimum absolute atomic E-state index is 0.137. The molecular weight excluding hydrogens is 336 g/mol. The van der Waals surface area contributed by atoms with Crippen LogP contribution in [0.1, 0.15) is 39.0 Å². The Morgan fingerprint density at radius 1 is 0.880 bits per heavy atom. The van der Waals surface area contributed by atoms with E-state index < -0.39 is 40.9 Å². The molecule has 4 rings (SSSR count). The van der Waals surface area contributed by atoms with E-state index in [0.29, 0.717) is 19.5 Å². The molecule has 25 heavy (non-hydrogen) atoms. The average molecular weight is 354 g/mol. The predicted molar refractivity (Wildman–Crippen MR) is 76.0 cm³/mol. The van der Waals surface area contributed by atoms with E-state index in [-0.39, 0.29) is 25.7 Å². The van der Waals surface area contributed by atoms with Gasteiger partial charge in [0.15, 0.2) is 0 Å². The summed E-state index contributed by atoms with van der Waals surface area (Å²) in [6, 6.07) is 0. The first-order valence-corrected chi connectivity index (χ1v) is 8.20. The van der Waals surface area contributed by atoms with Gasteiger partial charge in [0.2, 0.25) is 5.60 Å². The van der Waals surface area contributed by atoms with E-state index in [1.54, 1.807) is 0 Å². The number of carbonyl (C=O) groups excluding carboxylic acids is 4. The summed E-state index contributed by atoms with van der Waals surface area (Å²) in [4.78, 5) is 53.9. The van der Waals surface area contributed by atoms with Crippen LogP contribution in [0.3, 0.4) is 0 Å². The highest BCUT2D eigenvalue weighted by molar-refractivity contribution is 5.82. The van der Waals surface area contributed by atoms with Crippen LogP contribution in [-0.2, 0) is 38.2 Å². The second-order valence-corrected chi connectivity index (χ2v) is 6.75. The van der Waals surface area contributed by atoms with Crippen LogP contribution in [0.2, 0.25) is 0 Å². The van der Waals surface area contributed by atoms with Crippen molar-refractivity contribution >= 4 is 23.9 Å². The molecule has 0 aromatic heterocycles. The van der Waals surface area contributed by atoms with Crippen molar-refractivity contribution in [2.45, 2.75) is 56.1 Å². The zero-order chi connectivity index (χ0) is 17.9. The molecule has 4 aliphatic heterocycles. The quantitative estimate of drug-likeness (QED) is 0.549. The van der Waals surface area contributed by atoms with E-state index >= 15 is 0 Å². The summed E-state index contributed by atoms with van der Waals surface area (Å²) in [5.41, 5.74) is -2.50. The lowest BCUT2D eigenvalue weighted by atomic mass is 9.67. The summed E-state index contributed by atoms with van der Waals surface area (Å²) in [7, 11) is 0. The molecule has 0 radical (unpaired) electrons. The van der Waals surface area contributed by atoms with Crippen molar-refractivity contribution in [1.82, 2.24) is 10.4 Å². The van der Waals surface area contributed by atoms with Gasteiger partial charge >= 0.3 is 29.8 Å². The average Bonchev–Trinajstić information content (AvgIpc) is 3.05. The first kappa shape index (κ1) is 16.3. The van der Waals surface area contributed by atoms with Crippen molar-refractivity contribution in [3.8, 4) is 0 Å². The molecule has 1 N–H and O–H groups in total. The molecule has 136 valence electrons. The third kappa shape index (κ3) is 1.97. The maximum absolute atomic E-state index is 12.2. The molecule has 10 nitrogen and oxygen atoms in total. The smallest absolute Gasteiger partial charge is 0.396 e.